The fourth-order valence-corrected chi connectivity index (χ4v) is 2.91. The van der Waals surface area contributed by atoms with Gasteiger partial charge in [-0.15, -0.1) is 11.3 Å². The molecule has 3 aromatic rings. The fourth-order valence-electron chi connectivity index (χ4n) is 2.07. The monoisotopic (exact) mass is 288 g/mol. The molecule has 0 aliphatic heterocycles. The van der Waals surface area contributed by atoms with Gasteiger partial charge in [0, 0.05) is 24.4 Å². The van der Waals surface area contributed by atoms with Crippen molar-refractivity contribution >= 4 is 34.1 Å². The Morgan fingerprint density at radius 1 is 1.40 bits per heavy atom. The number of aromatic amines is 1. The second kappa shape index (κ2) is 5.46. The van der Waals surface area contributed by atoms with Crippen LogP contribution in [0.5, 0.6) is 0 Å². The third-order valence-electron chi connectivity index (χ3n) is 3.00. The van der Waals surface area contributed by atoms with Crippen molar-refractivity contribution in [3.05, 3.63) is 28.6 Å². The largest absolute Gasteiger partial charge is 0.366 e. The molecule has 0 fully saturated rings. The van der Waals surface area contributed by atoms with E-state index in [4.69, 9.17) is 0 Å². The minimum absolute atomic E-state index is 0.284. The molecule has 0 bridgehead atoms. The smallest absolute Gasteiger partial charge is 0.226 e. The molecule has 20 heavy (non-hydrogen) atoms. The molecule has 0 amide bonds. The van der Waals surface area contributed by atoms with Crippen molar-refractivity contribution < 1.29 is 0 Å². The van der Waals surface area contributed by atoms with Gasteiger partial charge in [-0.3, -0.25) is 5.10 Å². The van der Waals surface area contributed by atoms with Crippen LogP contribution in [0.4, 0.5) is 11.8 Å². The second-order valence-corrected chi connectivity index (χ2v) is 5.64. The zero-order chi connectivity index (χ0) is 13.9. The van der Waals surface area contributed by atoms with Gasteiger partial charge in [0.2, 0.25) is 5.95 Å². The molecule has 0 aromatic carbocycles. The summed E-state index contributed by atoms with van der Waals surface area (Å²) in [4.78, 5) is 10.1. The number of nitrogens with one attached hydrogen (secondary N) is 3. The SMILES string of the molecule is CNc1nc(NC(C)Cc2cccs2)c2cn[nH]c2n1. The molecule has 3 heterocycles. The highest BCUT2D eigenvalue weighted by Gasteiger charge is 2.12. The van der Waals surface area contributed by atoms with E-state index in [0.29, 0.717) is 5.95 Å². The zero-order valence-electron chi connectivity index (χ0n) is 11.3. The number of hydrogen-bond donors (Lipinski definition) is 3. The Bertz CT molecular complexity index is 690. The highest BCUT2D eigenvalue weighted by atomic mass is 32.1. The van der Waals surface area contributed by atoms with Crippen LogP contribution >= 0.6 is 11.3 Å². The van der Waals surface area contributed by atoms with Crippen molar-refractivity contribution in [2.75, 3.05) is 17.7 Å². The van der Waals surface area contributed by atoms with E-state index in [0.717, 1.165) is 23.3 Å². The summed E-state index contributed by atoms with van der Waals surface area (Å²) in [5.41, 5.74) is 0.732. The van der Waals surface area contributed by atoms with Crippen LogP contribution in [0, 0.1) is 0 Å². The van der Waals surface area contributed by atoms with E-state index >= 15 is 0 Å². The van der Waals surface area contributed by atoms with E-state index in [1.165, 1.54) is 4.88 Å². The Kier molecular flexibility index (Phi) is 3.51. The lowest BCUT2D eigenvalue weighted by Crippen LogP contribution is -2.19. The van der Waals surface area contributed by atoms with Gasteiger partial charge in [0.05, 0.1) is 11.6 Å². The van der Waals surface area contributed by atoms with Gasteiger partial charge in [-0.25, -0.2) is 0 Å². The van der Waals surface area contributed by atoms with Crippen LogP contribution in [0.2, 0.25) is 0 Å². The van der Waals surface area contributed by atoms with E-state index < -0.39 is 0 Å². The first-order valence-corrected chi connectivity index (χ1v) is 7.32. The Morgan fingerprint density at radius 3 is 3.05 bits per heavy atom. The van der Waals surface area contributed by atoms with Crippen molar-refractivity contribution in [2.24, 2.45) is 0 Å². The van der Waals surface area contributed by atoms with Crippen LogP contribution < -0.4 is 10.6 Å². The first-order valence-electron chi connectivity index (χ1n) is 6.44. The quantitative estimate of drug-likeness (QED) is 0.672. The van der Waals surface area contributed by atoms with Gasteiger partial charge < -0.3 is 10.6 Å². The van der Waals surface area contributed by atoms with Gasteiger partial charge in [-0.05, 0) is 18.4 Å². The molecule has 0 spiro atoms. The van der Waals surface area contributed by atoms with Crippen molar-refractivity contribution in [1.82, 2.24) is 20.2 Å². The van der Waals surface area contributed by atoms with Gasteiger partial charge in [0.1, 0.15) is 5.82 Å². The maximum Gasteiger partial charge on any atom is 0.226 e. The number of anilines is 2. The topological polar surface area (TPSA) is 78.5 Å². The number of thiophene rings is 1. The van der Waals surface area contributed by atoms with Crippen LogP contribution in [-0.2, 0) is 6.42 Å². The highest BCUT2D eigenvalue weighted by Crippen LogP contribution is 2.21. The normalized spacial score (nSPS) is 12.5. The molecule has 1 unspecified atom stereocenters. The summed E-state index contributed by atoms with van der Waals surface area (Å²) in [6, 6.07) is 4.51. The van der Waals surface area contributed by atoms with Crippen LogP contribution in [0.15, 0.2) is 23.7 Å². The molecule has 3 N–H and O–H groups in total. The number of hydrogen-bond acceptors (Lipinski definition) is 6. The minimum Gasteiger partial charge on any atom is -0.366 e. The number of nitrogens with zero attached hydrogens (tertiary/aromatic N) is 3. The van der Waals surface area contributed by atoms with Crippen molar-refractivity contribution in [1.29, 1.82) is 0 Å². The van der Waals surface area contributed by atoms with Crippen molar-refractivity contribution in [3.8, 4) is 0 Å². The molecule has 0 saturated heterocycles. The molecular weight excluding hydrogens is 272 g/mol. The zero-order valence-corrected chi connectivity index (χ0v) is 12.2. The molecule has 1 atom stereocenters. The van der Waals surface area contributed by atoms with Gasteiger partial charge in [-0.2, -0.15) is 15.1 Å². The molecule has 0 saturated carbocycles. The first kappa shape index (κ1) is 12.9. The second-order valence-electron chi connectivity index (χ2n) is 4.61. The average Bonchev–Trinajstić information content (AvgIpc) is 3.09. The maximum atomic E-state index is 4.47. The van der Waals surface area contributed by atoms with E-state index in [1.807, 2.05) is 0 Å². The Labute approximate surface area is 120 Å². The molecule has 3 rings (SSSR count). The van der Waals surface area contributed by atoms with Crippen LogP contribution in [0.25, 0.3) is 11.0 Å². The van der Waals surface area contributed by atoms with E-state index in [2.05, 4.69) is 55.2 Å². The lowest BCUT2D eigenvalue weighted by atomic mass is 10.2. The summed E-state index contributed by atoms with van der Waals surface area (Å²) >= 11 is 1.77. The lowest BCUT2D eigenvalue weighted by molar-refractivity contribution is 0.796. The van der Waals surface area contributed by atoms with Gasteiger partial charge in [0.25, 0.3) is 0 Å². The standard InChI is InChI=1S/C13H16N6S/c1-8(6-9-4-3-5-20-9)16-11-10-7-15-19-12(10)18-13(14-2)17-11/h3-5,7-8H,6H2,1-2H3,(H3,14,15,16,17,18,19). The minimum atomic E-state index is 0.284. The Morgan fingerprint density at radius 2 is 2.30 bits per heavy atom. The molecule has 0 radical (unpaired) electrons. The van der Waals surface area contributed by atoms with E-state index in [-0.39, 0.29) is 6.04 Å². The summed E-state index contributed by atoms with van der Waals surface area (Å²) in [5, 5.41) is 16.3. The third-order valence-corrected chi connectivity index (χ3v) is 3.90. The van der Waals surface area contributed by atoms with Gasteiger partial charge in [0.15, 0.2) is 5.65 Å². The molecule has 0 aliphatic rings. The summed E-state index contributed by atoms with van der Waals surface area (Å²) < 4.78 is 0. The predicted octanol–water partition coefficient (Wildman–Crippen LogP) is 2.50. The molecule has 6 nitrogen and oxygen atoms in total. The third kappa shape index (κ3) is 2.57. The van der Waals surface area contributed by atoms with E-state index in [9.17, 15) is 0 Å². The summed E-state index contributed by atoms with van der Waals surface area (Å²) in [5.74, 6) is 1.38. The maximum absolute atomic E-state index is 4.47. The number of rotatable bonds is 5. The Balaban J connectivity index is 1.84. The Hall–Kier alpha value is -2.15. The van der Waals surface area contributed by atoms with Crippen molar-refractivity contribution in [3.63, 3.8) is 0 Å². The van der Waals surface area contributed by atoms with Gasteiger partial charge >= 0.3 is 0 Å². The van der Waals surface area contributed by atoms with Gasteiger partial charge in [-0.1, -0.05) is 6.07 Å². The van der Waals surface area contributed by atoms with Crippen LogP contribution in [0.1, 0.15) is 11.8 Å². The van der Waals surface area contributed by atoms with Crippen molar-refractivity contribution in [2.45, 2.75) is 19.4 Å². The fraction of sp³-hybridized carbons (Fsp3) is 0.308. The first-order chi connectivity index (χ1) is 9.76. The predicted molar refractivity (Wildman–Crippen MR) is 82.3 cm³/mol. The number of H-pyrrole nitrogens is 1. The molecule has 7 heteroatoms. The summed E-state index contributed by atoms with van der Waals surface area (Å²) in [6.07, 6.45) is 2.71. The number of aromatic nitrogens is 4. The summed E-state index contributed by atoms with van der Waals surface area (Å²) in [7, 11) is 1.80. The highest BCUT2D eigenvalue weighted by molar-refractivity contribution is 7.09. The van der Waals surface area contributed by atoms with Crippen LogP contribution in [-0.4, -0.2) is 33.3 Å². The molecule has 104 valence electrons. The molecular formula is C13H16N6S. The summed E-state index contributed by atoms with van der Waals surface area (Å²) in [6.45, 7) is 2.15. The molecule has 3 aromatic heterocycles. The van der Waals surface area contributed by atoms with Crippen LogP contribution in [0.3, 0.4) is 0 Å². The molecule has 0 aliphatic carbocycles. The van der Waals surface area contributed by atoms with E-state index in [1.54, 1.807) is 24.6 Å². The lowest BCUT2D eigenvalue weighted by Gasteiger charge is -2.14. The average molecular weight is 288 g/mol. The number of fused-ring (bicyclic) bond motifs is 1.